The third kappa shape index (κ3) is 2.60. The maximum Gasteiger partial charge on any atom is 0.256 e. The van der Waals surface area contributed by atoms with Crippen molar-refractivity contribution < 1.29 is 4.79 Å². The molecule has 0 aliphatic heterocycles. The molecule has 0 unspecified atom stereocenters. The van der Waals surface area contributed by atoms with Crippen molar-refractivity contribution in [2.75, 3.05) is 0 Å². The Hall–Kier alpha value is -2.79. The molecule has 0 aliphatic carbocycles. The van der Waals surface area contributed by atoms with E-state index in [1.54, 1.807) is 42.5 Å². The standard InChI is InChI=1S/C11H8N4O/c12-6-9(14)10(7-13)15-11(16)8-4-2-1-3-5-8/h1-5H,14H2,(H,15,16). The van der Waals surface area contributed by atoms with Gasteiger partial charge in [-0.25, -0.2) is 0 Å². The Labute approximate surface area is 92.4 Å². The van der Waals surface area contributed by atoms with E-state index >= 15 is 0 Å². The van der Waals surface area contributed by atoms with Crippen LogP contribution in [0.5, 0.6) is 0 Å². The van der Waals surface area contributed by atoms with Gasteiger partial charge in [0.25, 0.3) is 5.91 Å². The Kier molecular flexibility index (Phi) is 3.65. The van der Waals surface area contributed by atoms with Crippen molar-refractivity contribution in [3.05, 3.63) is 47.3 Å². The van der Waals surface area contributed by atoms with Gasteiger partial charge in [-0.15, -0.1) is 0 Å². The lowest BCUT2D eigenvalue weighted by molar-refractivity contribution is 0.0967. The Morgan fingerprint density at radius 1 is 1.19 bits per heavy atom. The lowest BCUT2D eigenvalue weighted by Crippen LogP contribution is -2.24. The van der Waals surface area contributed by atoms with Crippen LogP contribution in [0.1, 0.15) is 10.4 Å². The minimum absolute atomic E-state index is 0.239. The summed E-state index contributed by atoms with van der Waals surface area (Å²) in [6.45, 7) is 0. The first-order valence-corrected chi connectivity index (χ1v) is 4.35. The first kappa shape index (κ1) is 11.3. The molecule has 1 amide bonds. The molecule has 0 fully saturated rings. The highest BCUT2D eigenvalue weighted by atomic mass is 16.1. The van der Waals surface area contributed by atoms with E-state index in [4.69, 9.17) is 16.3 Å². The average Bonchev–Trinajstić information content (AvgIpc) is 2.35. The zero-order valence-corrected chi connectivity index (χ0v) is 8.27. The predicted octanol–water partition coefficient (Wildman–Crippen LogP) is 0.634. The molecule has 0 aromatic heterocycles. The van der Waals surface area contributed by atoms with Crippen molar-refractivity contribution >= 4 is 5.91 Å². The Balaban J connectivity index is 2.89. The molecule has 16 heavy (non-hydrogen) atoms. The fourth-order valence-corrected chi connectivity index (χ4v) is 0.987. The fourth-order valence-electron chi connectivity index (χ4n) is 0.987. The number of nitrogens with two attached hydrogens (primary N) is 1. The highest BCUT2D eigenvalue weighted by Gasteiger charge is 2.09. The molecule has 0 radical (unpaired) electrons. The first-order valence-electron chi connectivity index (χ1n) is 4.35. The molecule has 0 atom stereocenters. The van der Waals surface area contributed by atoms with Crippen LogP contribution in [0.4, 0.5) is 0 Å². The molecule has 5 heteroatoms. The maximum atomic E-state index is 11.6. The third-order valence-electron chi connectivity index (χ3n) is 1.78. The molecule has 0 spiro atoms. The van der Waals surface area contributed by atoms with Gasteiger partial charge in [0.05, 0.1) is 0 Å². The summed E-state index contributed by atoms with van der Waals surface area (Å²) >= 11 is 0. The molecule has 0 aliphatic rings. The van der Waals surface area contributed by atoms with Crippen molar-refractivity contribution in [3.63, 3.8) is 0 Å². The van der Waals surface area contributed by atoms with E-state index in [0.29, 0.717) is 5.56 Å². The van der Waals surface area contributed by atoms with Crippen LogP contribution in [0.15, 0.2) is 41.7 Å². The lowest BCUT2D eigenvalue weighted by Gasteiger charge is -2.03. The third-order valence-corrected chi connectivity index (χ3v) is 1.78. The highest BCUT2D eigenvalue weighted by Crippen LogP contribution is 2.00. The van der Waals surface area contributed by atoms with Crippen molar-refractivity contribution in [3.8, 4) is 12.1 Å². The molecule has 0 bridgehead atoms. The van der Waals surface area contributed by atoms with Gasteiger partial charge in [0.2, 0.25) is 0 Å². The second kappa shape index (κ2) is 5.18. The summed E-state index contributed by atoms with van der Waals surface area (Å²) in [6, 6.07) is 11.6. The van der Waals surface area contributed by atoms with E-state index in [2.05, 4.69) is 5.32 Å². The SMILES string of the molecule is N#CC(N)=C(C#N)NC(=O)c1ccccc1. The molecule has 1 rings (SSSR count). The van der Waals surface area contributed by atoms with Crippen LogP contribution in [0.3, 0.4) is 0 Å². The zero-order chi connectivity index (χ0) is 12.0. The summed E-state index contributed by atoms with van der Waals surface area (Å²) in [5.74, 6) is -0.477. The summed E-state index contributed by atoms with van der Waals surface area (Å²) in [5, 5.41) is 19.4. The predicted molar refractivity (Wildman–Crippen MR) is 56.3 cm³/mol. The van der Waals surface area contributed by atoms with Gasteiger partial charge >= 0.3 is 0 Å². The topological polar surface area (TPSA) is 103 Å². The largest absolute Gasteiger partial charge is 0.388 e. The Bertz CT molecular complexity index is 505. The number of hydrogen-bond acceptors (Lipinski definition) is 4. The number of rotatable bonds is 2. The van der Waals surface area contributed by atoms with E-state index in [-0.39, 0.29) is 11.4 Å². The fraction of sp³-hybridized carbons (Fsp3) is 0. The van der Waals surface area contributed by atoms with E-state index in [0.717, 1.165) is 0 Å². The molecule has 5 nitrogen and oxygen atoms in total. The zero-order valence-electron chi connectivity index (χ0n) is 8.27. The summed E-state index contributed by atoms with van der Waals surface area (Å²) in [6.07, 6.45) is 0. The molecule has 1 aromatic carbocycles. The van der Waals surface area contributed by atoms with Crippen LogP contribution < -0.4 is 11.1 Å². The molecule has 3 N–H and O–H groups in total. The first-order chi connectivity index (χ1) is 7.69. The number of carbonyl (C=O) groups excluding carboxylic acids is 1. The number of allylic oxidation sites excluding steroid dienone is 2. The van der Waals surface area contributed by atoms with E-state index in [1.165, 1.54) is 0 Å². The number of nitriles is 2. The summed E-state index contributed by atoms with van der Waals surface area (Å²) in [7, 11) is 0. The van der Waals surface area contributed by atoms with Crippen LogP contribution in [0, 0.1) is 22.7 Å². The number of nitrogens with zero attached hydrogens (tertiary/aromatic N) is 2. The molecule has 0 heterocycles. The normalized spacial score (nSPS) is 10.6. The molecule has 1 aromatic rings. The van der Waals surface area contributed by atoms with E-state index in [9.17, 15) is 4.79 Å². The molecular weight excluding hydrogens is 204 g/mol. The maximum absolute atomic E-state index is 11.6. The van der Waals surface area contributed by atoms with Crippen molar-refractivity contribution in [2.45, 2.75) is 0 Å². The minimum Gasteiger partial charge on any atom is -0.388 e. The molecule has 0 saturated heterocycles. The van der Waals surface area contributed by atoms with Crippen molar-refractivity contribution in [1.29, 1.82) is 10.5 Å². The van der Waals surface area contributed by atoms with E-state index in [1.807, 2.05) is 0 Å². The molecular formula is C11H8N4O. The van der Waals surface area contributed by atoms with Crippen LogP contribution in [0.2, 0.25) is 0 Å². The van der Waals surface area contributed by atoms with Gasteiger partial charge in [-0.2, -0.15) is 10.5 Å². The minimum atomic E-state index is -0.477. The van der Waals surface area contributed by atoms with Gasteiger partial charge in [-0.3, -0.25) is 4.79 Å². The van der Waals surface area contributed by atoms with Gasteiger partial charge in [-0.05, 0) is 12.1 Å². The van der Waals surface area contributed by atoms with Gasteiger partial charge in [0, 0.05) is 5.56 Å². The lowest BCUT2D eigenvalue weighted by atomic mass is 10.2. The number of nitrogens with one attached hydrogen (secondary N) is 1. The van der Waals surface area contributed by atoms with Crippen molar-refractivity contribution in [2.24, 2.45) is 5.73 Å². The highest BCUT2D eigenvalue weighted by molar-refractivity contribution is 5.95. The number of hydrogen-bond donors (Lipinski definition) is 2. The van der Waals surface area contributed by atoms with Crippen LogP contribution in [0.25, 0.3) is 0 Å². The number of amides is 1. The van der Waals surface area contributed by atoms with Crippen LogP contribution >= 0.6 is 0 Å². The van der Waals surface area contributed by atoms with Crippen molar-refractivity contribution in [1.82, 2.24) is 5.32 Å². The van der Waals surface area contributed by atoms with Gasteiger partial charge in [-0.1, -0.05) is 18.2 Å². The number of benzene rings is 1. The summed E-state index contributed by atoms with van der Waals surface area (Å²) in [4.78, 5) is 11.6. The van der Waals surface area contributed by atoms with Gasteiger partial charge in [0.15, 0.2) is 5.70 Å². The quantitative estimate of drug-likeness (QED) is 0.702. The second-order valence-electron chi connectivity index (χ2n) is 2.83. The van der Waals surface area contributed by atoms with Gasteiger partial charge < -0.3 is 11.1 Å². The second-order valence-corrected chi connectivity index (χ2v) is 2.83. The smallest absolute Gasteiger partial charge is 0.256 e. The molecule has 0 saturated carbocycles. The van der Waals surface area contributed by atoms with Gasteiger partial charge in [0.1, 0.15) is 17.8 Å². The Morgan fingerprint density at radius 3 is 2.31 bits per heavy atom. The average molecular weight is 212 g/mol. The van der Waals surface area contributed by atoms with E-state index < -0.39 is 5.91 Å². The monoisotopic (exact) mass is 212 g/mol. The Morgan fingerprint density at radius 2 is 1.81 bits per heavy atom. The van der Waals surface area contributed by atoms with Crippen LogP contribution in [-0.2, 0) is 0 Å². The van der Waals surface area contributed by atoms with Crippen LogP contribution in [-0.4, -0.2) is 5.91 Å². The summed E-state index contributed by atoms with van der Waals surface area (Å²) < 4.78 is 0. The summed E-state index contributed by atoms with van der Waals surface area (Å²) in [5.41, 5.74) is 5.07. The molecule has 78 valence electrons. The number of carbonyl (C=O) groups is 1.